The third-order valence-corrected chi connectivity index (χ3v) is 4.02. The zero-order valence-electron chi connectivity index (χ0n) is 11.4. The molecule has 2 N–H and O–H groups in total. The van der Waals surface area contributed by atoms with Crippen molar-refractivity contribution in [2.24, 2.45) is 5.73 Å². The van der Waals surface area contributed by atoms with Crippen LogP contribution in [0.3, 0.4) is 0 Å². The molecule has 18 heavy (non-hydrogen) atoms. The summed E-state index contributed by atoms with van der Waals surface area (Å²) in [4.78, 5) is 4.58. The second kappa shape index (κ2) is 4.82. The lowest BCUT2D eigenvalue weighted by Crippen LogP contribution is -2.11. The zero-order valence-corrected chi connectivity index (χ0v) is 12.3. The second-order valence-corrected chi connectivity index (χ2v) is 6.49. The molecule has 2 nitrogen and oxygen atoms in total. The molecule has 0 spiro atoms. The van der Waals surface area contributed by atoms with Crippen LogP contribution in [0.15, 0.2) is 23.6 Å². The summed E-state index contributed by atoms with van der Waals surface area (Å²) in [7, 11) is 0. The Bertz CT molecular complexity index is 550. The molecule has 3 heteroatoms. The van der Waals surface area contributed by atoms with E-state index in [1.165, 1.54) is 16.7 Å². The van der Waals surface area contributed by atoms with Crippen molar-refractivity contribution in [2.75, 3.05) is 0 Å². The molecule has 0 saturated carbocycles. The van der Waals surface area contributed by atoms with Crippen molar-refractivity contribution in [1.82, 2.24) is 4.98 Å². The maximum absolute atomic E-state index is 5.62. The molecule has 0 unspecified atom stereocenters. The normalized spacial score (nSPS) is 11.8. The molecule has 2 aromatic rings. The zero-order chi connectivity index (χ0) is 13.3. The minimum Gasteiger partial charge on any atom is -0.325 e. The molecule has 0 radical (unpaired) electrons. The van der Waals surface area contributed by atoms with Gasteiger partial charge in [0.05, 0.1) is 5.69 Å². The van der Waals surface area contributed by atoms with Crippen molar-refractivity contribution >= 4 is 11.3 Å². The van der Waals surface area contributed by atoms with Crippen molar-refractivity contribution in [3.8, 4) is 10.6 Å². The lowest BCUT2D eigenvalue weighted by Gasteiger charge is -2.20. The molecule has 96 valence electrons. The summed E-state index contributed by atoms with van der Waals surface area (Å²) >= 11 is 1.67. The smallest absolute Gasteiger partial charge is 0.123 e. The summed E-state index contributed by atoms with van der Waals surface area (Å²) in [5, 5.41) is 3.11. The topological polar surface area (TPSA) is 38.9 Å². The van der Waals surface area contributed by atoms with Gasteiger partial charge in [0, 0.05) is 17.5 Å². The first kappa shape index (κ1) is 13.2. The highest BCUT2D eigenvalue weighted by atomic mass is 32.1. The number of aromatic nitrogens is 1. The second-order valence-electron chi connectivity index (χ2n) is 5.63. The summed E-state index contributed by atoms with van der Waals surface area (Å²) < 4.78 is 0. The number of thiazole rings is 1. The van der Waals surface area contributed by atoms with Crippen molar-refractivity contribution in [3.63, 3.8) is 0 Å². The minimum absolute atomic E-state index is 0.163. The number of hydrogen-bond acceptors (Lipinski definition) is 3. The SMILES string of the molecule is Cc1ccc(C(C)(C)C)cc1-c1nc(CN)cs1. The average molecular weight is 260 g/mol. The Balaban J connectivity index is 2.49. The van der Waals surface area contributed by atoms with Gasteiger partial charge in [-0.1, -0.05) is 32.9 Å². The standard InChI is InChI=1S/C15H20N2S/c1-10-5-6-11(15(2,3)4)7-13(10)14-17-12(8-16)9-18-14/h5-7,9H,8,16H2,1-4H3. The highest BCUT2D eigenvalue weighted by Gasteiger charge is 2.16. The lowest BCUT2D eigenvalue weighted by molar-refractivity contribution is 0.590. The van der Waals surface area contributed by atoms with Crippen LogP contribution in [0.4, 0.5) is 0 Å². The Morgan fingerprint density at radius 1 is 1.28 bits per heavy atom. The summed E-state index contributed by atoms with van der Waals surface area (Å²) in [6.07, 6.45) is 0. The van der Waals surface area contributed by atoms with Gasteiger partial charge in [-0.25, -0.2) is 4.98 Å². The van der Waals surface area contributed by atoms with Gasteiger partial charge < -0.3 is 5.73 Å². The molecule has 0 aliphatic carbocycles. The largest absolute Gasteiger partial charge is 0.325 e. The van der Waals surface area contributed by atoms with Crippen molar-refractivity contribution in [2.45, 2.75) is 39.7 Å². The molecule has 0 aliphatic heterocycles. The van der Waals surface area contributed by atoms with Gasteiger partial charge in [0.1, 0.15) is 5.01 Å². The van der Waals surface area contributed by atoms with Crippen LogP contribution in [-0.4, -0.2) is 4.98 Å². The van der Waals surface area contributed by atoms with Gasteiger partial charge in [0.15, 0.2) is 0 Å². The predicted octanol–water partition coefficient (Wildman–Crippen LogP) is 3.87. The third kappa shape index (κ3) is 2.62. The fourth-order valence-corrected chi connectivity index (χ4v) is 2.76. The van der Waals surface area contributed by atoms with E-state index in [-0.39, 0.29) is 5.41 Å². The summed E-state index contributed by atoms with van der Waals surface area (Å²) in [5.74, 6) is 0. The van der Waals surface area contributed by atoms with E-state index in [9.17, 15) is 0 Å². The van der Waals surface area contributed by atoms with Crippen LogP contribution in [0.1, 0.15) is 37.6 Å². The van der Waals surface area contributed by atoms with Gasteiger partial charge in [-0.3, -0.25) is 0 Å². The van der Waals surface area contributed by atoms with E-state index in [1.807, 2.05) is 5.38 Å². The van der Waals surface area contributed by atoms with Crippen LogP contribution in [-0.2, 0) is 12.0 Å². The quantitative estimate of drug-likeness (QED) is 0.890. The summed E-state index contributed by atoms with van der Waals surface area (Å²) in [5.41, 5.74) is 10.6. The molecule has 0 atom stereocenters. The minimum atomic E-state index is 0.163. The summed E-state index contributed by atoms with van der Waals surface area (Å²) in [6.45, 7) is 9.33. The Labute approximate surface area is 113 Å². The van der Waals surface area contributed by atoms with E-state index in [2.05, 4.69) is 50.9 Å². The van der Waals surface area contributed by atoms with Crippen molar-refractivity contribution in [3.05, 3.63) is 40.4 Å². The van der Waals surface area contributed by atoms with Gasteiger partial charge in [0.25, 0.3) is 0 Å². The summed E-state index contributed by atoms with van der Waals surface area (Å²) in [6, 6.07) is 6.64. The van der Waals surface area contributed by atoms with Gasteiger partial charge in [-0.15, -0.1) is 11.3 Å². The monoisotopic (exact) mass is 260 g/mol. The van der Waals surface area contributed by atoms with Crippen molar-refractivity contribution < 1.29 is 0 Å². The lowest BCUT2D eigenvalue weighted by atomic mass is 9.85. The van der Waals surface area contributed by atoms with E-state index in [0.29, 0.717) is 6.54 Å². The Morgan fingerprint density at radius 3 is 2.56 bits per heavy atom. The van der Waals surface area contributed by atoms with Crippen LogP contribution in [0.5, 0.6) is 0 Å². The molecule has 0 aliphatic rings. The first-order chi connectivity index (χ1) is 8.41. The molecule has 0 bridgehead atoms. The van der Waals surface area contributed by atoms with Crippen LogP contribution >= 0.6 is 11.3 Å². The maximum atomic E-state index is 5.62. The fourth-order valence-electron chi connectivity index (χ4n) is 1.84. The number of nitrogens with zero attached hydrogens (tertiary/aromatic N) is 1. The number of benzene rings is 1. The van der Waals surface area contributed by atoms with Crippen LogP contribution in [0.2, 0.25) is 0 Å². The molecule has 1 aromatic heterocycles. The van der Waals surface area contributed by atoms with Crippen LogP contribution in [0, 0.1) is 6.92 Å². The molecule has 2 rings (SSSR count). The predicted molar refractivity (Wildman–Crippen MR) is 78.9 cm³/mol. The first-order valence-electron chi connectivity index (χ1n) is 6.18. The molecule has 0 fully saturated rings. The van der Waals surface area contributed by atoms with E-state index in [0.717, 1.165) is 10.7 Å². The van der Waals surface area contributed by atoms with Gasteiger partial charge in [-0.2, -0.15) is 0 Å². The Morgan fingerprint density at radius 2 is 2.00 bits per heavy atom. The van der Waals surface area contributed by atoms with E-state index >= 15 is 0 Å². The van der Waals surface area contributed by atoms with E-state index in [4.69, 9.17) is 5.73 Å². The number of aryl methyl sites for hydroxylation is 1. The highest BCUT2D eigenvalue weighted by molar-refractivity contribution is 7.13. The Kier molecular flexibility index (Phi) is 3.55. The van der Waals surface area contributed by atoms with E-state index in [1.54, 1.807) is 11.3 Å². The molecular formula is C15H20N2S. The number of nitrogens with two attached hydrogens (primary N) is 1. The molecule has 1 aromatic carbocycles. The van der Waals surface area contributed by atoms with Crippen molar-refractivity contribution in [1.29, 1.82) is 0 Å². The molecule has 0 saturated heterocycles. The van der Waals surface area contributed by atoms with Gasteiger partial charge >= 0.3 is 0 Å². The van der Waals surface area contributed by atoms with E-state index < -0.39 is 0 Å². The average Bonchev–Trinajstić information content (AvgIpc) is 2.76. The number of hydrogen-bond donors (Lipinski definition) is 1. The molecule has 0 amide bonds. The third-order valence-electron chi connectivity index (χ3n) is 3.09. The van der Waals surface area contributed by atoms with Crippen LogP contribution in [0.25, 0.3) is 10.6 Å². The van der Waals surface area contributed by atoms with Crippen LogP contribution < -0.4 is 5.73 Å². The highest BCUT2D eigenvalue weighted by Crippen LogP contribution is 2.31. The fraction of sp³-hybridized carbons (Fsp3) is 0.400. The molecular weight excluding hydrogens is 240 g/mol. The van der Waals surface area contributed by atoms with Gasteiger partial charge in [-0.05, 0) is 29.5 Å². The van der Waals surface area contributed by atoms with Gasteiger partial charge in [0.2, 0.25) is 0 Å². The number of rotatable bonds is 2. The Hall–Kier alpha value is -1.19. The molecule has 1 heterocycles. The first-order valence-corrected chi connectivity index (χ1v) is 7.06. The maximum Gasteiger partial charge on any atom is 0.123 e.